The molecule has 1 fully saturated rings. The Balaban J connectivity index is 2.13. The number of halogens is 2. The van der Waals surface area contributed by atoms with Crippen LogP contribution in [0.5, 0.6) is 0 Å². The molecular weight excluding hydrogens is 199 g/mol. The lowest BCUT2D eigenvalue weighted by Gasteiger charge is -2.26. The Morgan fingerprint density at radius 2 is 2.17 bits per heavy atom. The molecule has 0 bridgehead atoms. The quantitative estimate of drug-likeness (QED) is 0.757. The summed E-state index contributed by atoms with van der Waals surface area (Å²) in [4.78, 5) is 0. The van der Waals surface area contributed by atoms with Gasteiger partial charge in [-0.2, -0.15) is 0 Å². The number of hydrogen-bond donors (Lipinski definition) is 1. The van der Waals surface area contributed by atoms with Gasteiger partial charge in [0.1, 0.15) is 0 Å². The van der Waals surface area contributed by atoms with Crippen molar-refractivity contribution in [1.82, 2.24) is 10.4 Å². The number of nitrogens with one attached hydrogen (secondary N) is 1. The summed E-state index contributed by atoms with van der Waals surface area (Å²) in [6.45, 7) is 3.92. The number of ether oxygens (including phenoxy) is 1. The van der Waals surface area contributed by atoms with Crippen molar-refractivity contribution in [3.8, 4) is 0 Å². The third-order valence-electron chi connectivity index (χ3n) is 1.60. The van der Waals surface area contributed by atoms with Crippen LogP contribution in [0.3, 0.4) is 0 Å². The van der Waals surface area contributed by atoms with Crippen LogP contribution in [-0.2, 0) is 4.74 Å². The Morgan fingerprint density at radius 3 is 2.75 bits per heavy atom. The van der Waals surface area contributed by atoms with Crippen LogP contribution in [0.25, 0.3) is 0 Å². The highest BCUT2D eigenvalue weighted by atomic mass is 35.5. The molecule has 0 aromatic rings. The van der Waals surface area contributed by atoms with Crippen molar-refractivity contribution in [2.45, 2.75) is 0 Å². The van der Waals surface area contributed by atoms with Crippen LogP contribution in [0.15, 0.2) is 10.6 Å². The van der Waals surface area contributed by atoms with E-state index in [1.54, 1.807) is 0 Å². The molecule has 0 spiro atoms. The average molecular weight is 211 g/mol. The van der Waals surface area contributed by atoms with Gasteiger partial charge in [-0.25, -0.2) is 10.4 Å². The average Bonchev–Trinajstić information content (AvgIpc) is 2.16. The van der Waals surface area contributed by atoms with Crippen molar-refractivity contribution in [3.63, 3.8) is 0 Å². The summed E-state index contributed by atoms with van der Waals surface area (Å²) in [5, 5.41) is 2.69. The standard InChI is InChI=1S/C7H12Cl2N2O/c8-5-7(9)6-10-11-1-3-12-4-2-11/h5,10H,1-4,6H2/b7-5+. The van der Waals surface area contributed by atoms with Gasteiger partial charge in [0, 0.05) is 30.2 Å². The number of hydrazine groups is 1. The first-order valence-electron chi connectivity index (χ1n) is 3.84. The molecule has 0 aliphatic carbocycles. The fourth-order valence-electron chi connectivity index (χ4n) is 0.947. The summed E-state index contributed by atoms with van der Waals surface area (Å²) >= 11 is 11.1. The van der Waals surface area contributed by atoms with Gasteiger partial charge in [0.2, 0.25) is 0 Å². The summed E-state index contributed by atoms with van der Waals surface area (Å²) in [5.74, 6) is 0. The van der Waals surface area contributed by atoms with Crippen molar-refractivity contribution in [2.75, 3.05) is 32.8 Å². The van der Waals surface area contributed by atoms with E-state index in [-0.39, 0.29) is 0 Å². The molecule has 1 N–H and O–H groups in total. The van der Waals surface area contributed by atoms with Gasteiger partial charge < -0.3 is 4.74 Å². The zero-order valence-electron chi connectivity index (χ0n) is 6.72. The predicted octanol–water partition coefficient (Wildman–Crippen LogP) is 1.14. The van der Waals surface area contributed by atoms with Crippen LogP contribution in [0.2, 0.25) is 0 Å². The first kappa shape index (κ1) is 10.3. The van der Waals surface area contributed by atoms with Gasteiger partial charge in [-0.05, 0) is 0 Å². The largest absolute Gasteiger partial charge is 0.379 e. The number of nitrogens with zero attached hydrogens (tertiary/aromatic N) is 1. The van der Waals surface area contributed by atoms with Crippen LogP contribution < -0.4 is 5.43 Å². The normalized spacial score (nSPS) is 21.3. The van der Waals surface area contributed by atoms with Gasteiger partial charge in [-0.1, -0.05) is 23.2 Å². The summed E-state index contributed by atoms with van der Waals surface area (Å²) in [6, 6.07) is 0. The van der Waals surface area contributed by atoms with Crippen LogP contribution in [-0.4, -0.2) is 37.9 Å². The minimum atomic E-state index is 0.588. The van der Waals surface area contributed by atoms with E-state index in [4.69, 9.17) is 27.9 Å². The van der Waals surface area contributed by atoms with E-state index in [2.05, 4.69) is 10.4 Å². The molecule has 0 radical (unpaired) electrons. The van der Waals surface area contributed by atoms with Crippen molar-refractivity contribution in [1.29, 1.82) is 0 Å². The number of rotatable bonds is 3. The molecule has 3 nitrogen and oxygen atoms in total. The molecule has 1 heterocycles. The molecule has 0 unspecified atom stereocenters. The van der Waals surface area contributed by atoms with Gasteiger partial charge in [0.25, 0.3) is 0 Å². The fraction of sp³-hybridized carbons (Fsp3) is 0.714. The summed E-state index contributed by atoms with van der Waals surface area (Å²) < 4.78 is 5.18. The van der Waals surface area contributed by atoms with E-state index in [0.717, 1.165) is 26.3 Å². The fourth-order valence-corrected chi connectivity index (χ4v) is 1.08. The minimum Gasteiger partial charge on any atom is -0.379 e. The maximum Gasteiger partial charge on any atom is 0.0608 e. The molecule has 0 aromatic heterocycles. The van der Waals surface area contributed by atoms with E-state index >= 15 is 0 Å². The van der Waals surface area contributed by atoms with Crippen LogP contribution >= 0.6 is 23.2 Å². The molecule has 0 saturated carbocycles. The highest BCUT2D eigenvalue weighted by molar-refractivity contribution is 6.36. The molecule has 1 saturated heterocycles. The van der Waals surface area contributed by atoms with E-state index < -0.39 is 0 Å². The molecule has 1 aliphatic rings. The molecule has 5 heteroatoms. The second-order valence-corrected chi connectivity index (χ2v) is 3.19. The lowest BCUT2D eigenvalue weighted by Crippen LogP contribution is -2.46. The van der Waals surface area contributed by atoms with Crippen LogP contribution in [0.4, 0.5) is 0 Å². The third kappa shape index (κ3) is 3.74. The first-order valence-corrected chi connectivity index (χ1v) is 4.65. The zero-order chi connectivity index (χ0) is 8.81. The van der Waals surface area contributed by atoms with E-state index in [0.29, 0.717) is 11.6 Å². The summed E-state index contributed by atoms with van der Waals surface area (Å²) in [7, 11) is 0. The van der Waals surface area contributed by atoms with E-state index in [1.807, 2.05) is 0 Å². The second-order valence-electron chi connectivity index (χ2n) is 2.49. The van der Waals surface area contributed by atoms with Gasteiger partial charge >= 0.3 is 0 Å². The highest BCUT2D eigenvalue weighted by Gasteiger charge is 2.08. The van der Waals surface area contributed by atoms with Gasteiger partial charge in [0.05, 0.1) is 13.2 Å². The maximum atomic E-state index is 5.69. The van der Waals surface area contributed by atoms with Crippen molar-refractivity contribution in [3.05, 3.63) is 10.6 Å². The lowest BCUT2D eigenvalue weighted by molar-refractivity contribution is 0.0142. The van der Waals surface area contributed by atoms with Gasteiger partial charge in [0.15, 0.2) is 0 Å². The van der Waals surface area contributed by atoms with Crippen molar-refractivity contribution in [2.24, 2.45) is 0 Å². The molecule has 0 atom stereocenters. The molecule has 70 valence electrons. The van der Waals surface area contributed by atoms with Gasteiger partial charge in [-0.3, -0.25) is 0 Å². The van der Waals surface area contributed by atoms with Crippen molar-refractivity contribution < 1.29 is 4.74 Å². The SMILES string of the molecule is Cl/C=C(/Cl)CNN1CCOCC1. The number of morpholine rings is 1. The topological polar surface area (TPSA) is 24.5 Å². The Labute approximate surface area is 82.2 Å². The molecule has 0 aromatic carbocycles. The molecule has 12 heavy (non-hydrogen) atoms. The second kappa shape index (κ2) is 5.78. The van der Waals surface area contributed by atoms with E-state index in [1.165, 1.54) is 5.54 Å². The smallest absolute Gasteiger partial charge is 0.0608 e. The Morgan fingerprint density at radius 1 is 1.50 bits per heavy atom. The zero-order valence-corrected chi connectivity index (χ0v) is 8.24. The Hall–Kier alpha value is 0.200. The molecule has 0 amide bonds. The molecular formula is C7H12Cl2N2O. The van der Waals surface area contributed by atoms with Crippen LogP contribution in [0, 0.1) is 0 Å². The summed E-state index contributed by atoms with van der Waals surface area (Å²) in [5.41, 5.74) is 4.51. The predicted molar refractivity (Wildman–Crippen MR) is 50.2 cm³/mol. The highest BCUT2D eigenvalue weighted by Crippen LogP contribution is 2.01. The van der Waals surface area contributed by atoms with Crippen LogP contribution in [0.1, 0.15) is 0 Å². The minimum absolute atomic E-state index is 0.588. The monoisotopic (exact) mass is 210 g/mol. The molecule has 1 aliphatic heterocycles. The maximum absolute atomic E-state index is 5.69. The Bertz CT molecular complexity index is 157. The van der Waals surface area contributed by atoms with Crippen molar-refractivity contribution >= 4 is 23.2 Å². The van der Waals surface area contributed by atoms with Gasteiger partial charge in [-0.15, -0.1) is 0 Å². The summed E-state index contributed by atoms with van der Waals surface area (Å²) in [6.07, 6.45) is 0. The molecule has 1 rings (SSSR count). The third-order valence-corrected chi connectivity index (χ3v) is 2.22. The lowest BCUT2D eigenvalue weighted by atomic mass is 10.5. The number of hydrogen-bond acceptors (Lipinski definition) is 3. The first-order chi connectivity index (χ1) is 5.83. The van der Waals surface area contributed by atoms with E-state index in [9.17, 15) is 0 Å². The Kier molecular flexibility index (Phi) is 4.95.